The molecule has 0 saturated carbocycles. The van der Waals surface area contributed by atoms with Gasteiger partial charge in [-0.3, -0.25) is 5.32 Å². The van der Waals surface area contributed by atoms with Gasteiger partial charge in [0.15, 0.2) is 0 Å². The third kappa shape index (κ3) is 5.38. The Morgan fingerprint density at radius 3 is 2.53 bits per heavy atom. The fourth-order valence-corrected chi connectivity index (χ4v) is 1.57. The van der Waals surface area contributed by atoms with E-state index in [1.807, 2.05) is 44.2 Å². The molecule has 0 heterocycles. The van der Waals surface area contributed by atoms with Crippen LogP contribution in [-0.4, -0.2) is 11.7 Å². The van der Waals surface area contributed by atoms with Crippen LogP contribution < -0.4 is 5.32 Å². The molecule has 0 atom stereocenters. The van der Waals surface area contributed by atoms with Gasteiger partial charge >= 0.3 is 6.09 Å². The molecule has 1 N–H and O–H groups in total. The highest BCUT2D eigenvalue weighted by atomic mass is 16.6. The summed E-state index contributed by atoms with van der Waals surface area (Å²) in [5.74, 6) is 0. The molecule has 1 rings (SSSR count). The van der Waals surface area contributed by atoms with Gasteiger partial charge in [-0.15, -0.1) is 0 Å². The smallest absolute Gasteiger partial charge is 0.412 e. The number of amides is 1. The first-order valence-electron chi connectivity index (χ1n) is 6.08. The van der Waals surface area contributed by atoms with E-state index in [0.717, 1.165) is 24.9 Å². The molecule has 0 aliphatic carbocycles. The van der Waals surface area contributed by atoms with Crippen molar-refractivity contribution in [2.45, 2.75) is 45.6 Å². The molecule has 0 fully saturated rings. The van der Waals surface area contributed by atoms with Crippen molar-refractivity contribution in [2.24, 2.45) is 0 Å². The number of hydrogen-bond acceptors (Lipinski definition) is 2. The Labute approximate surface area is 103 Å². The molecule has 3 nitrogen and oxygen atoms in total. The van der Waals surface area contributed by atoms with E-state index in [4.69, 9.17) is 4.74 Å². The minimum atomic E-state index is -0.408. The molecule has 0 spiro atoms. The van der Waals surface area contributed by atoms with Crippen LogP contribution in [0.1, 0.15) is 40.0 Å². The SMILES string of the molecule is CCCCC(C)(C)OC(=O)Nc1ccccc1. The summed E-state index contributed by atoms with van der Waals surface area (Å²) in [5.41, 5.74) is 0.346. The summed E-state index contributed by atoms with van der Waals surface area (Å²) in [6.45, 7) is 6.00. The lowest BCUT2D eigenvalue weighted by molar-refractivity contribution is 0.0407. The second-order valence-electron chi connectivity index (χ2n) is 4.74. The Morgan fingerprint density at radius 1 is 1.29 bits per heavy atom. The zero-order valence-electron chi connectivity index (χ0n) is 10.8. The molecule has 1 aromatic carbocycles. The van der Waals surface area contributed by atoms with Gasteiger partial charge in [-0.1, -0.05) is 31.5 Å². The zero-order chi connectivity index (χ0) is 12.7. The summed E-state index contributed by atoms with van der Waals surface area (Å²) in [7, 11) is 0. The fourth-order valence-electron chi connectivity index (χ4n) is 1.57. The highest BCUT2D eigenvalue weighted by molar-refractivity contribution is 5.84. The number of carbonyl (C=O) groups is 1. The first kappa shape index (κ1) is 13.6. The number of hydrogen-bond donors (Lipinski definition) is 1. The molecular formula is C14H21NO2. The minimum Gasteiger partial charge on any atom is -0.443 e. The van der Waals surface area contributed by atoms with Crippen LogP contribution in [0, 0.1) is 0 Å². The van der Waals surface area contributed by atoms with Crippen molar-refractivity contribution >= 4 is 11.8 Å². The number of carbonyl (C=O) groups excluding carboxylic acids is 1. The van der Waals surface area contributed by atoms with Gasteiger partial charge in [0.1, 0.15) is 5.60 Å². The Bertz CT molecular complexity index is 346. The lowest BCUT2D eigenvalue weighted by Gasteiger charge is -2.25. The Morgan fingerprint density at radius 2 is 1.94 bits per heavy atom. The maximum atomic E-state index is 11.7. The number of benzene rings is 1. The quantitative estimate of drug-likeness (QED) is 0.830. The van der Waals surface area contributed by atoms with Crippen LogP contribution in [0.15, 0.2) is 30.3 Å². The summed E-state index contributed by atoms with van der Waals surface area (Å²) < 4.78 is 5.39. The van der Waals surface area contributed by atoms with Crippen molar-refractivity contribution in [2.75, 3.05) is 5.32 Å². The minimum absolute atomic E-state index is 0.391. The summed E-state index contributed by atoms with van der Waals surface area (Å²) in [6, 6.07) is 9.32. The number of rotatable bonds is 5. The number of para-hydroxylation sites is 1. The predicted molar refractivity (Wildman–Crippen MR) is 70.1 cm³/mol. The summed E-state index contributed by atoms with van der Waals surface area (Å²) in [4.78, 5) is 11.7. The highest BCUT2D eigenvalue weighted by Crippen LogP contribution is 2.19. The first-order chi connectivity index (χ1) is 8.03. The van der Waals surface area contributed by atoms with E-state index in [2.05, 4.69) is 12.2 Å². The standard InChI is InChI=1S/C14H21NO2/c1-4-5-11-14(2,3)17-13(16)15-12-9-7-6-8-10-12/h6-10H,4-5,11H2,1-3H3,(H,15,16). The third-order valence-electron chi connectivity index (χ3n) is 2.52. The molecule has 0 aliphatic heterocycles. The van der Waals surface area contributed by atoms with Gasteiger partial charge in [0.05, 0.1) is 0 Å². The van der Waals surface area contributed by atoms with Crippen LogP contribution in [0.3, 0.4) is 0 Å². The summed E-state index contributed by atoms with van der Waals surface area (Å²) in [5, 5.41) is 2.71. The van der Waals surface area contributed by atoms with Gasteiger partial charge in [0.2, 0.25) is 0 Å². The lowest BCUT2D eigenvalue weighted by atomic mass is 10.0. The van der Waals surface area contributed by atoms with Gasteiger partial charge < -0.3 is 4.74 Å². The Balaban J connectivity index is 2.44. The van der Waals surface area contributed by atoms with Gasteiger partial charge in [0, 0.05) is 5.69 Å². The molecule has 3 heteroatoms. The molecule has 0 unspecified atom stereocenters. The van der Waals surface area contributed by atoms with E-state index >= 15 is 0 Å². The number of nitrogens with one attached hydrogen (secondary N) is 1. The molecule has 1 amide bonds. The van der Waals surface area contributed by atoms with Crippen LogP contribution in [0.5, 0.6) is 0 Å². The van der Waals surface area contributed by atoms with Gasteiger partial charge in [0.25, 0.3) is 0 Å². The molecular weight excluding hydrogens is 214 g/mol. The third-order valence-corrected chi connectivity index (χ3v) is 2.52. The zero-order valence-corrected chi connectivity index (χ0v) is 10.8. The van der Waals surface area contributed by atoms with E-state index in [0.29, 0.717) is 0 Å². The van der Waals surface area contributed by atoms with E-state index in [-0.39, 0.29) is 0 Å². The number of unbranched alkanes of at least 4 members (excludes halogenated alkanes) is 1. The second kappa shape index (κ2) is 6.28. The van der Waals surface area contributed by atoms with Crippen LogP contribution in [-0.2, 0) is 4.74 Å². The average molecular weight is 235 g/mol. The number of ether oxygens (including phenoxy) is 1. The van der Waals surface area contributed by atoms with Crippen LogP contribution in [0.4, 0.5) is 10.5 Å². The van der Waals surface area contributed by atoms with Gasteiger partial charge in [-0.2, -0.15) is 0 Å². The monoisotopic (exact) mass is 235 g/mol. The van der Waals surface area contributed by atoms with E-state index in [9.17, 15) is 4.79 Å². The number of anilines is 1. The van der Waals surface area contributed by atoms with Crippen molar-refractivity contribution in [3.8, 4) is 0 Å². The van der Waals surface area contributed by atoms with E-state index in [1.54, 1.807) is 0 Å². The summed E-state index contributed by atoms with van der Waals surface area (Å²) >= 11 is 0. The van der Waals surface area contributed by atoms with E-state index in [1.165, 1.54) is 0 Å². The van der Waals surface area contributed by atoms with Crippen molar-refractivity contribution in [3.63, 3.8) is 0 Å². The lowest BCUT2D eigenvalue weighted by Crippen LogP contribution is -2.30. The largest absolute Gasteiger partial charge is 0.443 e. The Hall–Kier alpha value is -1.51. The molecule has 0 radical (unpaired) electrons. The fraction of sp³-hybridized carbons (Fsp3) is 0.500. The predicted octanol–water partition coefficient (Wildman–Crippen LogP) is 4.20. The second-order valence-corrected chi connectivity index (χ2v) is 4.74. The Kier molecular flexibility index (Phi) is 5.01. The van der Waals surface area contributed by atoms with Crippen LogP contribution >= 0.6 is 0 Å². The molecule has 1 aromatic rings. The normalized spacial score (nSPS) is 11.0. The van der Waals surface area contributed by atoms with Crippen molar-refractivity contribution < 1.29 is 9.53 Å². The molecule has 17 heavy (non-hydrogen) atoms. The van der Waals surface area contributed by atoms with Crippen LogP contribution in [0.2, 0.25) is 0 Å². The molecule has 0 aromatic heterocycles. The molecule has 94 valence electrons. The molecule has 0 bridgehead atoms. The van der Waals surface area contributed by atoms with Gasteiger partial charge in [-0.25, -0.2) is 4.79 Å². The maximum Gasteiger partial charge on any atom is 0.412 e. The molecule has 0 saturated heterocycles. The van der Waals surface area contributed by atoms with E-state index < -0.39 is 11.7 Å². The van der Waals surface area contributed by atoms with Crippen molar-refractivity contribution in [1.29, 1.82) is 0 Å². The summed E-state index contributed by atoms with van der Waals surface area (Å²) in [6.07, 6.45) is 2.65. The van der Waals surface area contributed by atoms with Gasteiger partial charge in [-0.05, 0) is 38.8 Å². The average Bonchev–Trinajstić information content (AvgIpc) is 2.27. The van der Waals surface area contributed by atoms with Crippen molar-refractivity contribution in [1.82, 2.24) is 0 Å². The molecule has 0 aliphatic rings. The maximum absolute atomic E-state index is 11.7. The first-order valence-corrected chi connectivity index (χ1v) is 6.08. The van der Waals surface area contributed by atoms with Crippen molar-refractivity contribution in [3.05, 3.63) is 30.3 Å². The highest BCUT2D eigenvalue weighted by Gasteiger charge is 2.21. The van der Waals surface area contributed by atoms with Crippen LogP contribution in [0.25, 0.3) is 0 Å². The topological polar surface area (TPSA) is 38.3 Å².